The van der Waals surface area contributed by atoms with Gasteiger partial charge in [0.25, 0.3) is 10.0 Å². The molecule has 2 atom stereocenters. The number of piperidine rings is 2. The molecule has 27 heavy (non-hydrogen) atoms. The van der Waals surface area contributed by atoms with E-state index in [-0.39, 0.29) is 12.1 Å². The number of fused-ring (bicyclic) bond motifs is 2. The Balaban J connectivity index is 1.51. The Morgan fingerprint density at radius 3 is 2.19 bits per heavy atom. The number of alkyl halides is 3. The molecule has 152 valence electrons. The molecule has 0 aromatic carbocycles. The van der Waals surface area contributed by atoms with Gasteiger partial charge in [-0.1, -0.05) is 6.92 Å². The fourth-order valence-electron chi connectivity index (χ4n) is 4.81. The van der Waals surface area contributed by atoms with Crippen molar-refractivity contribution in [1.82, 2.24) is 14.2 Å². The maximum atomic E-state index is 13.0. The molecule has 3 saturated heterocycles. The summed E-state index contributed by atoms with van der Waals surface area (Å²) in [6.45, 7) is 4.37. The van der Waals surface area contributed by atoms with Gasteiger partial charge in [0.05, 0.1) is 0 Å². The SMILES string of the molecule is CC1CCN(C2CC3CCC(C2)N3S(=O)(=O)c2csc(C(F)(F)F)n2)CC1. The van der Waals surface area contributed by atoms with E-state index in [0.717, 1.165) is 50.1 Å². The lowest BCUT2D eigenvalue weighted by atomic mass is 9.93. The zero-order valence-corrected chi connectivity index (χ0v) is 16.8. The van der Waals surface area contributed by atoms with Crippen LogP contribution in [0.25, 0.3) is 0 Å². The average Bonchev–Trinajstić information content (AvgIpc) is 3.20. The summed E-state index contributed by atoms with van der Waals surface area (Å²) in [6.07, 6.45) is 0.818. The summed E-state index contributed by atoms with van der Waals surface area (Å²) >= 11 is 0.343. The predicted molar refractivity (Wildman–Crippen MR) is 95.9 cm³/mol. The van der Waals surface area contributed by atoms with Crippen molar-refractivity contribution in [2.45, 2.75) is 74.8 Å². The van der Waals surface area contributed by atoms with Crippen LogP contribution in [0, 0.1) is 5.92 Å². The van der Waals surface area contributed by atoms with Crippen LogP contribution in [0.15, 0.2) is 10.4 Å². The highest BCUT2D eigenvalue weighted by atomic mass is 32.2. The minimum Gasteiger partial charge on any atom is -0.300 e. The molecule has 0 radical (unpaired) electrons. The zero-order valence-electron chi connectivity index (χ0n) is 15.2. The molecule has 3 aliphatic heterocycles. The second-order valence-electron chi connectivity index (χ2n) is 8.05. The first-order valence-corrected chi connectivity index (χ1v) is 11.8. The van der Waals surface area contributed by atoms with Gasteiger partial charge in [-0.2, -0.15) is 17.5 Å². The first-order valence-electron chi connectivity index (χ1n) is 9.46. The van der Waals surface area contributed by atoms with Crippen LogP contribution in [0.5, 0.6) is 0 Å². The number of nitrogens with zero attached hydrogens (tertiary/aromatic N) is 3. The topological polar surface area (TPSA) is 53.5 Å². The third-order valence-corrected chi connectivity index (χ3v) is 9.17. The van der Waals surface area contributed by atoms with Crippen molar-refractivity contribution in [1.29, 1.82) is 0 Å². The molecule has 0 aliphatic carbocycles. The van der Waals surface area contributed by atoms with E-state index in [1.807, 2.05) is 0 Å². The fourth-order valence-corrected chi connectivity index (χ4v) is 7.63. The van der Waals surface area contributed by atoms with E-state index >= 15 is 0 Å². The lowest BCUT2D eigenvalue weighted by Gasteiger charge is -2.44. The minimum absolute atomic E-state index is 0.130. The van der Waals surface area contributed by atoms with Gasteiger partial charge in [0.15, 0.2) is 10.0 Å². The Morgan fingerprint density at radius 1 is 1.07 bits per heavy atom. The number of halogens is 3. The van der Waals surface area contributed by atoms with E-state index in [1.54, 1.807) is 0 Å². The van der Waals surface area contributed by atoms with Crippen molar-refractivity contribution >= 4 is 21.4 Å². The van der Waals surface area contributed by atoms with E-state index in [2.05, 4.69) is 16.8 Å². The van der Waals surface area contributed by atoms with Gasteiger partial charge in [-0.3, -0.25) is 0 Å². The maximum Gasteiger partial charge on any atom is 0.443 e. The molecule has 1 aromatic rings. The van der Waals surface area contributed by atoms with Crippen LogP contribution >= 0.6 is 11.3 Å². The van der Waals surface area contributed by atoms with Crippen LogP contribution in [0.3, 0.4) is 0 Å². The molecule has 0 N–H and O–H groups in total. The van der Waals surface area contributed by atoms with Crippen LogP contribution in [0.4, 0.5) is 13.2 Å². The number of rotatable bonds is 3. The van der Waals surface area contributed by atoms with Gasteiger partial charge in [0.1, 0.15) is 0 Å². The second-order valence-corrected chi connectivity index (χ2v) is 10.7. The van der Waals surface area contributed by atoms with Gasteiger partial charge in [0.2, 0.25) is 0 Å². The van der Waals surface area contributed by atoms with Gasteiger partial charge in [-0.15, -0.1) is 11.3 Å². The molecule has 2 bridgehead atoms. The molecule has 4 rings (SSSR count). The predicted octanol–water partition coefficient (Wildman–Crippen LogP) is 3.58. The zero-order chi connectivity index (χ0) is 19.4. The highest BCUT2D eigenvalue weighted by Crippen LogP contribution is 2.42. The Hall–Kier alpha value is -0.710. The monoisotopic (exact) mass is 423 g/mol. The number of likely N-dealkylation sites (tertiary alicyclic amines) is 1. The van der Waals surface area contributed by atoms with Crippen LogP contribution in [0.2, 0.25) is 0 Å². The number of hydrogen-bond donors (Lipinski definition) is 0. The molecule has 0 spiro atoms. The molecule has 2 unspecified atom stereocenters. The summed E-state index contributed by atoms with van der Waals surface area (Å²) in [5.41, 5.74) is 0. The van der Waals surface area contributed by atoms with Crippen molar-refractivity contribution in [2.75, 3.05) is 13.1 Å². The highest BCUT2D eigenvalue weighted by molar-refractivity contribution is 7.89. The Morgan fingerprint density at radius 2 is 1.67 bits per heavy atom. The van der Waals surface area contributed by atoms with Crippen molar-refractivity contribution in [2.24, 2.45) is 5.92 Å². The van der Waals surface area contributed by atoms with Crippen LogP contribution in [-0.2, 0) is 16.2 Å². The summed E-state index contributed by atoms with van der Waals surface area (Å²) in [6, 6.07) is 0.117. The molecular formula is C17H24F3N3O2S2. The van der Waals surface area contributed by atoms with Gasteiger partial charge < -0.3 is 4.90 Å². The molecule has 0 saturated carbocycles. The normalized spacial score (nSPS) is 31.5. The smallest absolute Gasteiger partial charge is 0.300 e. The molecule has 3 aliphatic rings. The molecule has 4 heterocycles. The molecule has 10 heteroatoms. The highest BCUT2D eigenvalue weighted by Gasteiger charge is 2.49. The summed E-state index contributed by atoms with van der Waals surface area (Å²) in [7, 11) is -3.99. The minimum atomic E-state index is -4.62. The van der Waals surface area contributed by atoms with E-state index in [4.69, 9.17) is 0 Å². The lowest BCUT2D eigenvalue weighted by molar-refractivity contribution is -0.137. The number of aromatic nitrogens is 1. The Labute approximate surface area is 161 Å². The summed E-state index contributed by atoms with van der Waals surface area (Å²) < 4.78 is 65.9. The second kappa shape index (κ2) is 6.96. The molecule has 3 fully saturated rings. The van der Waals surface area contributed by atoms with Gasteiger partial charge in [-0.25, -0.2) is 13.4 Å². The molecular weight excluding hydrogens is 399 g/mol. The largest absolute Gasteiger partial charge is 0.443 e. The number of thiazole rings is 1. The van der Waals surface area contributed by atoms with Crippen molar-refractivity contribution in [3.63, 3.8) is 0 Å². The fraction of sp³-hybridized carbons (Fsp3) is 0.824. The van der Waals surface area contributed by atoms with E-state index < -0.39 is 26.2 Å². The third kappa shape index (κ3) is 3.65. The van der Waals surface area contributed by atoms with Crippen molar-refractivity contribution in [3.05, 3.63) is 10.4 Å². The van der Waals surface area contributed by atoms with E-state index in [1.165, 1.54) is 17.1 Å². The summed E-state index contributed by atoms with van der Waals surface area (Å²) in [4.78, 5) is 5.88. The first-order chi connectivity index (χ1) is 12.7. The average molecular weight is 424 g/mol. The van der Waals surface area contributed by atoms with Gasteiger partial charge >= 0.3 is 6.18 Å². The van der Waals surface area contributed by atoms with E-state index in [9.17, 15) is 21.6 Å². The van der Waals surface area contributed by atoms with Crippen LogP contribution < -0.4 is 0 Å². The molecule has 1 aromatic heterocycles. The van der Waals surface area contributed by atoms with E-state index in [0.29, 0.717) is 17.4 Å². The van der Waals surface area contributed by atoms with Gasteiger partial charge in [-0.05, 0) is 57.5 Å². The molecule has 5 nitrogen and oxygen atoms in total. The van der Waals surface area contributed by atoms with Crippen molar-refractivity contribution < 1.29 is 21.6 Å². The maximum absolute atomic E-state index is 13.0. The first kappa shape index (κ1) is 19.6. The quantitative estimate of drug-likeness (QED) is 0.746. The number of sulfonamides is 1. The summed E-state index contributed by atoms with van der Waals surface area (Å²) in [5, 5.41) is -0.539. The number of hydrogen-bond acceptors (Lipinski definition) is 5. The molecule has 0 amide bonds. The van der Waals surface area contributed by atoms with Crippen molar-refractivity contribution in [3.8, 4) is 0 Å². The lowest BCUT2D eigenvalue weighted by Crippen LogP contribution is -2.53. The Kier molecular flexibility index (Phi) is 5.05. The van der Waals surface area contributed by atoms with Crippen LogP contribution in [0.1, 0.15) is 50.5 Å². The standard InChI is InChI=1S/C17H24F3N3O2S2/c1-11-4-6-22(7-5-11)14-8-12-2-3-13(9-14)23(12)27(24,25)15-10-26-16(21-15)17(18,19)20/h10-14H,2-9H2,1H3. The summed E-state index contributed by atoms with van der Waals surface area (Å²) in [5.74, 6) is 0.742. The Bertz CT molecular complexity index is 774. The van der Waals surface area contributed by atoms with Crippen LogP contribution in [-0.4, -0.2) is 53.8 Å². The van der Waals surface area contributed by atoms with Gasteiger partial charge in [0, 0.05) is 23.5 Å². The third-order valence-electron chi connectivity index (χ3n) is 6.24.